The van der Waals surface area contributed by atoms with Gasteiger partial charge in [-0.25, -0.2) is 0 Å². The number of hydrogen-bond acceptors (Lipinski definition) is 3. The first kappa shape index (κ1) is 11.4. The van der Waals surface area contributed by atoms with Crippen molar-refractivity contribution in [3.63, 3.8) is 0 Å². The third kappa shape index (κ3) is 2.07. The molecule has 2 nitrogen and oxygen atoms in total. The minimum Gasteiger partial charge on any atom is -0.373 e. The van der Waals surface area contributed by atoms with E-state index in [9.17, 15) is 0 Å². The number of hydrogen-bond donors (Lipinski definition) is 1. The van der Waals surface area contributed by atoms with Crippen molar-refractivity contribution in [2.75, 3.05) is 13.7 Å². The quantitative estimate of drug-likeness (QED) is 0.883. The molecule has 1 aliphatic heterocycles. The Bertz CT molecular complexity index is 333. The zero-order valence-electron chi connectivity index (χ0n) is 9.05. The summed E-state index contributed by atoms with van der Waals surface area (Å²) < 4.78 is 5.86. The third-order valence-corrected chi connectivity index (χ3v) is 4.48. The Hall–Kier alpha value is -0.0900. The molecule has 0 amide bonds. The van der Waals surface area contributed by atoms with Gasteiger partial charge in [0.15, 0.2) is 0 Å². The lowest BCUT2D eigenvalue weighted by Gasteiger charge is -2.32. The highest BCUT2D eigenvalue weighted by atomic mass is 35.5. The van der Waals surface area contributed by atoms with Crippen molar-refractivity contribution in [2.45, 2.75) is 31.4 Å². The number of ether oxygens (including phenoxy) is 1. The summed E-state index contributed by atoms with van der Waals surface area (Å²) in [6.07, 6.45) is 2.23. The molecule has 1 saturated heterocycles. The Morgan fingerprint density at radius 2 is 2.47 bits per heavy atom. The van der Waals surface area contributed by atoms with Gasteiger partial charge in [0.05, 0.1) is 16.7 Å². The van der Waals surface area contributed by atoms with E-state index >= 15 is 0 Å². The number of rotatable bonds is 3. The Morgan fingerprint density at radius 3 is 2.93 bits per heavy atom. The summed E-state index contributed by atoms with van der Waals surface area (Å²) in [4.78, 5) is 1.18. The molecule has 15 heavy (non-hydrogen) atoms. The van der Waals surface area contributed by atoms with Crippen molar-refractivity contribution in [1.29, 1.82) is 0 Å². The smallest absolute Gasteiger partial charge is 0.0857 e. The van der Waals surface area contributed by atoms with Crippen LogP contribution in [0, 0.1) is 0 Å². The fourth-order valence-corrected chi connectivity index (χ4v) is 3.67. The molecule has 1 fully saturated rings. The van der Waals surface area contributed by atoms with E-state index in [1.54, 1.807) is 11.3 Å². The third-order valence-electron chi connectivity index (χ3n) is 3.06. The topological polar surface area (TPSA) is 21.3 Å². The Balaban J connectivity index is 2.27. The first-order valence-electron chi connectivity index (χ1n) is 5.21. The average Bonchev–Trinajstić information content (AvgIpc) is 2.79. The molecule has 2 unspecified atom stereocenters. The summed E-state index contributed by atoms with van der Waals surface area (Å²) in [5.41, 5.74) is -0.108. The van der Waals surface area contributed by atoms with E-state index in [0.717, 1.165) is 24.5 Å². The van der Waals surface area contributed by atoms with Gasteiger partial charge >= 0.3 is 0 Å². The molecule has 1 aromatic heterocycles. The van der Waals surface area contributed by atoms with Crippen LogP contribution in [0.3, 0.4) is 0 Å². The van der Waals surface area contributed by atoms with Gasteiger partial charge in [-0.15, -0.1) is 11.3 Å². The van der Waals surface area contributed by atoms with Crippen molar-refractivity contribution in [3.8, 4) is 0 Å². The summed E-state index contributed by atoms with van der Waals surface area (Å²) in [5, 5.41) is 6.20. The number of nitrogens with one attached hydrogen (secondary N) is 1. The largest absolute Gasteiger partial charge is 0.373 e. The molecule has 0 aromatic carbocycles. The van der Waals surface area contributed by atoms with Crippen LogP contribution in [0.4, 0.5) is 0 Å². The van der Waals surface area contributed by atoms with Crippen LogP contribution in [-0.4, -0.2) is 19.3 Å². The summed E-state index contributed by atoms with van der Waals surface area (Å²) in [6.45, 7) is 3.02. The SMILES string of the molecule is CNC(c1sccc1Cl)C1(C)CCCO1. The van der Waals surface area contributed by atoms with E-state index < -0.39 is 0 Å². The van der Waals surface area contributed by atoms with Crippen LogP contribution < -0.4 is 5.32 Å². The summed E-state index contributed by atoms with van der Waals surface area (Å²) in [6, 6.07) is 2.15. The molecule has 84 valence electrons. The second-order valence-electron chi connectivity index (χ2n) is 4.12. The summed E-state index contributed by atoms with van der Waals surface area (Å²) in [7, 11) is 1.97. The predicted molar refractivity (Wildman–Crippen MR) is 64.7 cm³/mol. The van der Waals surface area contributed by atoms with Gasteiger partial charge < -0.3 is 10.1 Å². The lowest BCUT2D eigenvalue weighted by atomic mass is 9.92. The summed E-state index contributed by atoms with van der Waals surface area (Å²) in [5.74, 6) is 0. The summed E-state index contributed by atoms with van der Waals surface area (Å²) >= 11 is 7.86. The molecule has 0 saturated carbocycles. The van der Waals surface area contributed by atoms with Crippen LogP contribution in [0.15, 0.2) is 11.4 Å². The molecule has 0 radical (unpaired) electrons. The zero-order chi connectivity index (χ0) is 10.9. The van der Waals surface area contributed by atoms with Gasteiger partial charge in [0.25, 0.3) is 0 Å². The Labute approximate surface area is 99.6 Å². The van der Waals surface area contributed by atoms with Gasteiger partial charge in [-0.3, -0.25) is 0 Å². The van der Waals surface area contributed by atoms with E-state index in [0.29, 0.717) is 0 Å². The van der Waals surface area contributed by atoms with Crippen molar-refractivity contribution in [2.24, 2.45) is 0 Å². The normalized spacial score (nSPS) is 28.2. The maximum absolute atomic E-state index is 6.17. The molecular formula is C11H16ClNOS. The highest BCUT2D eigenvalue weighted by molar-refractivity contribution is 7.10. The highest BCUT2D eigenvalue weighted by Crippen LogP contribution is 2.41. The molecule has 1 N–H and O–H groups in total. The van der Waals surface area contributed by atoms with E-state index in [1.165, 1.54) is 4.88 Å². The molecule has 1 aliphatic rings. The van der Waals surface area contributed by atoms with E-state index in [1.807, 2.05) is 18.5 Å². The molecule has 0 aliphatic carbocycles. The Kier molecular flexibility index (Phi) is 3.36. The van der Waals surface area contributed by atoms with Crippen LogP contribution in [0.25, 0.3) is 0 Å². The second-order valence-corrected chi connectivity index (χ2v) is 5.47. The second kappa shape index (κ2) is 4.42. The average molecular weight is 246 g/mol. The first-order chi connectivity index (χ1) is 7.17. The number of thiophene rings is 1. The first-order valence-corrected chi connectivity index (χ1v) is 6.47. The minimum atomic E-state index is -0.108. The molecule has 2 heterocycles. The van der Waals surface area contributed by atoms with Crippen LogP contribution in [0.5, 0.6) is 0 Å². The van der Waals surface area contributed by atoms with Crippen LogP contribution >= 0.6 is 22.9 Å². The van der Waals surface area contributed by atoms with Crippen LogP contribution in [-0.2, 0) is 4.74 Å². The number of halogens is 1. The predicted octanol–water partition coefficient (Wildman–Crippen LogP) is 3.23. The zero-order valence-corrected chi connectivity index (χ0v) is 10.6. The molecule has 0 spiro atoms. The molecular weight excluding hydrogens is 230 g/mol. The standard InChI is InChI=1S/C11H16ClNOS/c1-11(5-3-6-14-11)10(13-2)9-8(12)4-7-15-9/h4,7,10,13H,3,5-6H2,1-2H3. The van der Waals surface area contributed by atoms with Crippen LogP contribution in [0.2, 0.25) is 5.02 Å². The van der Waals surface area contributed by atoms with Gasteiger partial charge in [0, 0.05) is 11.5 Å². The van der Waals surface area contributed by atoms with Gasteiger partial charge in [0.2, 0.25) is 0 Å². The molecule has 1 aromatic rings. The molecule has 2 atom stereocenters. The van der Waals surface area contributed by atoms with Crippen molar-refractivity contribution < 1.29 is 4.74 Å². The fraction of sp³-hybridized carbons (Fsp3) is 0.636. The fourth-order valence-electron chi connectivity index (χ4n) is 2.25. The van der Waals surface area contributed by atoms with Gasteiger partial charge in [-0.1, -0.05) is 11.6 Å². The highest BCUT2D eigenvalue weighted by Gasteiger charge is 2.39. The number of likely N-dealkylation sites (N-methyl/N-ethyl adjacent to an activating group) is 1. The molecule has 0 bridgehead atoms. The lowest BCUT2D eigenvalue weighted by Crippen LogP contribution is -2.39. The van der Waals surface area contributed by atoms with Crippen molar-refractivity contribution in [3.05, 3.63) is 21.3 Å². The van der Waals surface area contributed by atoms with E-state index in [2.05, 4.69) is 12.2 Å². The monoisotopic (exact) mass is 245 g/mol. The molecule has 2 rings (SSSR count). The molecule has 4 heteroatoms. The van der Waals surface area contributed by atoms with E-state index in [-0.39, 0.29) is 11.6 Å². The van der Waals surface area contributed by atoms with Gasteiger partial charge in [-0.05, 0) is 38.3 Å². The maximum Gasteiger partial charge on any atom is 0.0857 e. The van der Waals surface area contributed by atoms with Gasteiger partial charge in [0.1, 0.15) is 0 Å². The lowest BCUT2D eigenvalue weighted by molar-refractivity contribution is -0.00946. The Morgan fingerprint density at radius 1 is 1.67 bits per heavy atom. The van der Waals surface area contributed by atoms with E-state index in [4.69, 9.17) is 16.3 Å². The van der Waals surface area contributed by atoms with Crippen molar-refractivity contribution in [1.82, 2.24) is 5.32 Å². The van der Waals surface area contributed by atoms with Gasteiger partial charge in [-0.2, -0.15) is 0 Å². The minimum absolute atomic E-state index is 0.108. The van der Waals surface area contributed by atoms with Crippen LogP contribution in [0.1, 0.15) is 30.7 Å². The van der Waals surface area contributed by atoms with Crippen molar-refractivity contribution >= 4 is 22.9 Å². The maximum atomic E-state index is 6.17.